The second-order valence-corrected chi connectivity index (χ2v) is 10.2. The van der Waals surface area contributed by atoms with Gasteiger partial charge < -0.3 is 14.4 Å². The third kappa shape index (κ3) is 4.91. The predicted octanol–water partition coefficient (Wildman–Crippen LogP) is 2.53. The van der Waals surface area contributed by atoms with Crippen LogP contribution >= 0.6 is 0 Å². The van der Waals surface area contributed by atoms with Crippen molar-refractivity contribution in [3.8, 4) is 5.75 Å². The van der Waals surface area contributed by atoms with Crippen molar-refractivity contribution in [3.05, 3.63) is 63.7 Å². The molecule has 0 aromatic heterocycles. The van der Waals surface area contributed by atoms with Gasteiger partial charge in [0.1, 0.15) is 0 Å². The monoisotopic (exact) mass is 489 g/mol. The van der Waals surface area contributed by atoms with Gasteiger partial charge in [-0.3, -0.25) is 14.9 Å². The fraction of sp³-hybridized carbons (Fsp3) is 0.435. The lowest BCUT2D eigenvalue weighted by Crippen LogP contribution is -2.40. The van der Waals surface area contributed by atoms with Crippen molar-refractivity contribution in [1.29, 1.82) is 0 Å². The Balaban J connectivity index is 1.48. The van der Waals surface area contributed by atoms with E-state index in [1.165, 1.54) is 22.0 Å². The second kappa shape index (κ2) is 10.1. The molecule has 1 heterocycles. The van der Waals surface area contributed by atoms with Crippen LogP contribution in [-0.4, -0.2) is 68.4 Å². The van der Waals surface area contributed by atoms with E-state index in [1.54, 1.807) is 11.9 Å². The number of benzene rings is 2. The van der Waals surface area contributed by atoms with Crippen molar-refractivity contribution in [2.24, 2.45) is 0 Å². The van der Waals surface area contributed by atoms with Gasteiger partial charge in [-0.2, -0.15) is 4.31 Å². The maximum Gasteiger partial charge on any atom is 0.312 e. The molecule has 0 saturated carbocycles. The summed E-state index contributed by atoms with van der Waals surface area (Å²) in [6.07, 6.45) is 2.76. The summed E-state index contributed by atoms with van der Waals surface area (Å²) in [4.78, 5) is 25.2. The highest BCUT2D eigenvalue weighted by Crippen LogP contribution is 2.34. The Hall–Kier alpha value is -3.02. The first kappa shape index (κ1) is 24.1. The number of carbonyl (C=O) groups is 1. The number of likely N-dealkylation sites (N-methyl/N-ethyl adjacent to an activating group) is 1. The van der Waals surface area contributed by atoms with Gasteiger partial charge in [-0.25, -0.2) is 8.42 Å². The number of rotatable bonds is 7. The standard InChI is InChI=1S/C23H27N3O7S/c1-24(20-8-4-6-17-5-2-3-7-19(17)20)23(27)16-33-22-10-9-18(15-21(22)26(28)29)34(30,31)25-11-13-32-14-12-25/h2-3,5,7,9-10,15,20H,4,6,8,11-14,16H2,1H3. The number of morpholine rings is 1. The lowest BCUT2D eigenvalue weighted by Gasteiger charge is -2.33. The highest BCUT2D eigenvalue weighted by molar-refractivity contribution is 7.89. The van der Waals surface area contributed by atoms with Crippen molar-refractivity contribution in [2.75, 3.05) is 40.0 Å². The number of hydrogen-bond donors (Lipinski definition) is 0. The molecule has 2 aromatic carbocycles. The average molecular weight is 490 g/mol. The van der Waals surface area contributed by atoms with Gasteiger partial charge in [0, 0.05) is 26.2 Å². The van der Waals surface area contributed by atoms with Gasteiger partial charge >= 0.3 is 5.69 Å². The number of carbonyl (C=O) groups excluding carboxylic acids is 1. The summed E-state index contributed by atoms with van der Waals surface area (Å²) in [6, 6.07) is 11.4. The molecule has 34 heavy (non-hydrogen) atoms. The molecule has 2 aliphatic rings. The Morgan fingerprint density at radius 3 is 2.71 bits per heavy atom. The summed E-state index contributed by atoms with van der Waals surface area (Å²) in [5.74, 6) is -0.474. The first-order valence-corrected chi connectivity index (χ1v) is 12.6. The number of sulfonamides is 1. The van der Waals surface area contributed by atoms with Crippen molar-refractivity contribution in [3.63, 3.8) is 0 Å². The number of nitro groups is 1. The van der Waals surface area contributed by atoms with Gasteiger partial charge in [0.25, 0.3) is 5.91 Å². The summed E-state index contributed by atoms with van der Waals surface area (Å²) in [6.45, 7) is 0.498. The summed E-state index contributed by atoms with van der Waals surface area (Å²) >= 11 is 0. The minimum absolute atomic E-state index is 0.0860. The molecule has 11 heteroatoms. The molecule has 182 valence electrons. The van der Waals surface area contributed by atoms with Crippen molar-refractivity contribution >= 4 is 21.6 Å². The largest absolute Gasteiger partial charge is 0.477 e. The molecule has 1 saturated heterocycles. The van der Waals surface area contributed by atoms with Gasteiger partial charge in [0.15, 0.2) is 12.4 Å². The van der Waals surface area contributed by atoms with Crippen LogP contribution in [0.1, 0.15) is 30.0 Å². The van der Waals surface area contributed by atoms with Crippen molar-refractivity contribution in [1.82, 2.24) is 9.21 Å². The highest BCUT2D eigenvalue weighted by Gasteiger charge is 2.30. The van der Waals surface area contributed by atoms with E-state index < -0.39 is 27.2 Å². The van der Waals surface area contributed by atoms with E-state index in [2.05, 4.69) is 6.07 Å². The normalized spacial score (nSPS) is 18.7. The van der Waals surface area contributed by atoms with Crippen LogP contribution in [0.25, 0.3) is 0 Å². The topological polar surface area (TPSA) is 119 Å². The Morgan fingerprint density at radius 2 is 1.97 bits per heavy atom. The molecule has 1 amide bonds. The minimum Gasteiger partial charge on any atom is -0.477 e. The Bertz CT molecular complexity index is 1180. The van der Waals surface area contributed by atoms with E-state index in [4.69, 9.17) is 9.47 Å². The van der Waals surface area contributed by atoms with E-state index >= 15 is 0 Å². The van der Waals surface area contributed by atoms with Crippen LogP contribution in [0.2, 0.25) is 0 Å². The van der Waals surface area contributed by atoms with Crippen LogP contribution in [0.3, 0.4) is 0 Å². The first-order valence-electron chi connectivity index (χ1n) is 11.1. The number of amides is 1. The first-order chi connectivity index (χ1) is 16.3. The molecule has 1 unspecified atom stereocenters. The summed E-state index contributed by atoms with van der Waals surface area (Å²) in [5.41, 5.74) is 1.81. The molecular formula is C23H27N3O7S. The van der Waals surface area contributed by atoms with Gasteiger partial charge in [-0.1, -0.05) is 24.3 Å². The van der Waals surface area contributed by atoms with Gasteiger partial charge in [-0.15, -0.1) is 0 Å². The van der Waals surface area contributed by atoms with Crippen LogP contribution in [0.4, 0.5) is 5.69 Å². The lowest BCUT2D eigenvalue weighted by molar-refractivity contribution is -0.386. The smallest absolute Gasteiger partial charge is 0.312 e. The van der Waals surface area contributed by atoms with Crippen LogP contribution < -0.4 is 4.74 Å². The second-order valence-electron chi connectivity index (χ2n) is 8.30. The van der Waals surface area contributed by atoms with Gasteiger partial charge in [0.2, 0.25) is 10.0 Å². The van der Waals surface area contributed by atoms with Crippen LogP contribution in [0.15, 0.2) is 47.4 Å². The summed E-state index contributed by atoms with van der Waals surface area (Å²) in [5, 5.41) is 11.6. The van der Waals surface area contributed by atoms with E-state index in [1.807, 2.05) is 18.2 Å². The molecule has 10 nitrogen and oxygen atoms in total. The van der Waals surface area contributed by atoms with Crippen LogP contribution in [-0.2, 0) is 26.0 Å². The van der Waals surface area contributed by atoms with E-state index in [-0.39, 0.29) is 48.9 Å². The zero-order valence-corrected chi connectivity index (χ0v) is 19.7. The van der Waals surface area contributed by atoms with Crippen molar-refractivity contribution in [2.45, 2.75) is 30.2 Å². The fourth-order valence-corrected chi connectivity index (χ4v) is 5.83. The molecule has 1 atom stereocenters. The van der Waals surface area contributed by atoms with E-state index in [0.717, 1.165) is 30.9 Å². The van der Waals surface area contributed by atoms with Crippen molar-refractivity contribution < 1.29 is 27.6 Å². The molecular weight excluding hydrogens is 462 g/mol. The Kier molecular flexibility index (Phi) is 7.15. The number of nitrogens with zero attached hydrogens (tertiary/aromatic N) is 3. The number of ether oxygens (including phenoxy) is 2. The number of fused-ring (bicyclic) bond motifs is 1. The van der Waals surface area contributed by atoms with Gasteiger partial charge in [0.05, 0.1) is 29.1 Å². The maximum atomic E-state index is 12.9. The molecule has 0 radical (unpaired) electrons. The number of nitro benzene ring substituents is 1. The molecule has 1 aliphatic carbocycles. The van der Waals surface area contributed by atoms with E-state index in [0.29, 0.717) is 0 Å². The Morgan fingerprint density at radius 1 is 1.24 bits per heavy atom. The average Bonchev–Trinajstić information content (AvgIpc) is 2.86. The third-order valence-electron chi connectivity index (χ3n) is 6.28. The van der Waals surface area contributed by atoms with Crippen LogP contribution in [0, 0.1) is 10.1 Å². The quantitative estimate of drug-likeness (QED) is 0.433. The predicted molar refractivity (Wildman–Crippen MR) is 123 cm³/mol. The highest BCUT2D eigenvalue weighted by atomic mass is 32.2. The molecule has 1 aliphatic heterocycles. The SMILES string of the molecule is CN(C(=O)COc1ccc(S(=O)(=O)N2CCOCC2)cc1[N+](=O)[O-])C1CCCc2ccccc21. The van der Waals surface area contributed by atoms with Gasteiger partial charge in [-0.05, 0) is 42.5 Å². The molecule has 4 rings (SSSR count). The summed E-state index contributed by atoms with van der Waals surface area (Å²) < 4.78 is 37.6. The molecule has 1 fully saturated rings. The Labute approximate surface area is 198 Å². The lowest BCUT2D eigenvalue weighted by atomic mass is 9.87. The summed E-state index contributed by atoms with van der Waals surface area (Å²) in [7, 11) is -2.21. The third-order valence-corrected chi connectivity index (χ3v) is 8.18. The number of aryl methyl sites for hydroxylation is 1. The molecule has 0 bridgehead atoms. The zero-order chi connectivity index (χ0) is 24.3. The number of hydrogen-bond acceptors (Lipinski definition) is 7. The molecule has 0 spiro atoms. The zero-order valence-electron chi connectivity index (χ0n) is 18.9. The maximum absolute atomic E-state index is 12.9. The van der Waals surface area contributed by atoms with E-state index in [9.17, 15) is 23.3 Å². The fourth-order valence-electron chi connectivity index (χ4n) is 4.40. The molecule has 0 N–H and O–H groups in total. The minimum atomic E-state index is -3.90. The van der Waals surface area contributed by atoms with Crippen LogP contribution in [0.5, 0.6) is 5.75 Å². The molecule has 2 aromatic rings.